The third kappa shape index (κ3) is 4.59. The molecule has 9 nitrogen and oxygen atoms in total. The van der Waals surface area contributed by atoms with E-state index in [0.29, 0.717) is 23.4 Å². The number of hydrogen-bond acceptors (Lipinski definition) is 7. The van der Waals surface area contributed by atoms with E-state index in [9.17, 15) is 9.59 Å². The summed E-state index contributed by atoms with van der Waals surface area (Å²) in [6.07, 6.45) is 0.303. The van der Waals surface area contributed by atoms with Crippen molar-refractivity contribution in [3.05, 3.63) is 29.8 Å². The zero-order valence-electron chi connectivity index (χ0n) is 15.0. The van der Waals surface area contributed by atoms with E-state index in [2.05, 4.69) is 20.6 Å². The highest BCUT2D eigenvalue weighted by atomic mass is 16.5. The van der Waals surface area contributed by atoms with Gasteiger partial charge >= 0.3 is 0 Å². The van der Waals surface area contributed by atoms with Gasteiger partial charge in [0.2, 0.25) is 23.6 Å². The van der Waals surface area contributed by atoms with Crippen LogP contribution in [0.2, 0.25) is 0 Å². The highest BCUT2D eigenvalue weighted by Gasteiger charge is 2.14. The van der Waals surface area contributed by atoms with Crippen molar-refractivity contribution in [2.45, 2.75) is 13.3 Å². The second kappa shape index (κ2) is 8.65. The molecule has 1 aromatic carbocycles. The molecule has 0 saturated carbocycles. The van der Waals surface area contributed by atoms with E-state index in [0.717, 1.165) is 0 Å². The lowest BCUT2D eigenvalue weighted by molar-refractivity contribution is -0.115. The maximum Gasteiger partial charge on any atom is 0.258 e. The van der Waals surface area contributed by atoms with Crippen LogP contribution >= 0.6 is 0 Å². The summed E-state index contributed by atoms with van der Waals surface area (Å²) in [5.41, 5.74) is 0.693. The van der Waals surface area contributed by atoms with Crippen LogP contribution in [0.5, 0.6) is 17.5 Å². The number of benzene rings is 1. The molecule has 0 radical (unpaired) electrons. The number of hydrogen-bond donors (Lipinski definition) is 2. The lowest BCUT2D eigenvalue weighted by Crippen LogP contribution is -2.16. The highest BCUT2D eigenvalue weighted by molar-refractivity contribution is 6.05. The molecular formula is C17H20N4O5. The summed E-state index contributed by atoms with van der Waals surface area (Å²) in [6, 6.07) is 6.15. The number of anilines is 2. The molecule has 0 fully saturated rings. The van der Waals surface area contributed by atoms with Gasteiger partial charge in [0.05, 0.1) is 33.1 Å². The maximum atomic E-state index is 12.5. The van der Waals surface area contributed by atoms with Crippen molar-refractivity contribution in [2.24, 2.45) is 0 Å². The molecule has 0 unspecified atom stereocenters. The molecule has 0 bridgehead atoms. The average Bonchev–Trinajstić information content (AvgIpc) is 2.67. The summed E-state index contributed by atoms with van der Waals surface area (Å²) < 4.78 is 15.3. The average molecular weight is 360 g/mol. The predicted octanol–water partition coefficient (Wildman–Crippen LogP) is 2.10. The van der Waals surface area contributed by atoms with Gasteiger partial charge < -0.3 is 19.5 Å². The Morgan fingerprint density at radius 3 is 2.15 bits per heavy atom. The monoisotopic (exact) mass is 360 g/mol. The van der Waals surface area contributed by atoms with E-state index in [1.54, 1.807) is 19.1 Å². The number of aromatic nitrogens is 2. The lowest BCUT2D eigenvalue weighted by atomic mass is 10.1. The minimum atomic E-state index is -0.463. The van der Waals surface area contributed by atoms with Crippen molar-refractivity contribution in [1.82, 2.24) is 9.97 Å². The fraction of sp³-hybridized carbons (Fsp3) is 0.294. The first kappa shape index (κ1) is 19.0. The Bertz CT molecular complexity index is 787. The minimum absolute atomic E-state index is 0.0289. The Morgan fingerprint density at radius 2 is 1.62 bits per heavy atom. The first-order chi connectivity index (χ1) is 12.5. The summed E-state index contributed by atoms with van der Waals surface area (Å²) in [7, 11) is 4.37. The topological polar surface area (TPSA) is 112 Å². The van der Waals surface area contributed by atoms with Crippen molar-refractivity contribution in [3.8, 4) is 17.5 Å². The molecule has 0 spiro atoms. The number of nitrogens with one attached hydrogen (secondary N) is 2. The van der Waals surface area contributed by atoms with Gasteiger partial charge in [0.15, 0.2) is 0 Å². The van der Waals surface area contributed by atoms with E-state index >= 15 is 0 Å². The van der Waals surface area contributed by atoms with E-state index in [-0.39, 0.29) is 23.6 Å². The summed E-state index contributed by atoms with van der Waals surface area (Å²) >= 11 is 0. The summed E-state index contributed by atoms with van der Waals surface area (Å²) in [5.74, 6) is 0.316. The molecular weight excluding hydrogens is 340 g/mol. The van der Waals surface area contributed by atoms with Gasteiger partial charge in [-0.25, -0.2) is 0 Å². The molecule has 0 aliphatic heterocycles. The first-order valence-electron chi connectivity index (χ1n) is 7.77. The molecule has 9 heteroatoms. The van der Waals surface area contributed by atoms with Crippen LogP contribution in [0.25, 0.3) is 0 Å². The van der Waals surface area contributed by atoms with Crippen molar-refractivity contribution in [3.63, 3.8) is 0 Å². The molecule has 1 aromatic heterocycles. The molecule has 0 atom stereocenters. The molecule has 2 aromatic rings. The van der Waals surface area contributed by atoms with Gasteiger partial charge in [-0.2, -0.15) is 9.97 Å². The number of rotatable bonds is 7. The van der Waals surface area contributed by atoms with Gasteiger partial charge in [0.1, 0.15) is 5.75 Å². The second-order valence-corrected chi connectivity index (χ2v) is 5.05. The molecule has 138 valence electrons. The largest absolute Gasteiger partial charge is 0.495 e. The van der Waals surface area contributed by atoms with Crippen LogP contribution < -0.4 is 24.8 Å². The quantitative estimate of drug-likeness (QED) is 0.777. The van der Waals surface area contributed by atoms with Crippen LogP contribution in [0.1, 0.15) is 23.7 Å². The molecule has 2 N–H and O–H groups in total. The van der Waals surface area contributed by atoms with Crippen LogP contribution in [0.4, 0.5) is 11.6 Å². The highest BCUT2D eigenvalue weighted by Crippen LogP contribution is 2.26. The fourth-order valence-corrected chi connectivity index (χ4v) is 2.03. The summed E-state index contributed by atoms with van der Waals surface area (Å²) in [6.45, 7) is 1.73. The summed E-state index contributed by atoms with van der Waals surface area (Å²) in [4.78, 5) is 32.2. The smallest absolute Gasteiger partial charge is 0.258 e. The van der Waals surface area contributed by atoms with Crippen LogP contribution in [0.3, 0.4) is 0 Å². The Morgan fingerprint density at radius 1 is 0.962 bits per heavy atom. The molecule has 2 rings (SSSR count). The standard InChI is InChI=1S/C17H20N4O5/c1-5-13(22)18-11-8-10(6-7-12(11)24-2)16(23)21-17-19-14(25-3)9-15(20-17)26-4/h6-9H,5H2,1-4H3,(H,18,22)(H,19,20,21,23). The molecule has 0 saturated heterocycles. The van der Waals surface area contributed by atoms with Crippen molar-refractivity contribution in [1.29, 1.82) is 0 Å². The maximum absolute atomic E-state index is 12.5. The SMILES string of the molecule is CCC(=O)Nc1cc(C(=O)Nc2nc(OC)cc(OC)n2)ccc1OC. The second-order valence-electron chi connectivity index (χ2n) is 5.05. The van der Waals surface area contributed by atoms with E-state index < -0.39 is 5.91 Å². The number of nitrogens with zero attached hydrogens (tertiary/aromatic N) is 2. The van der Waals surface area contributed by atoms with E-state index in [1.165, 1.54) is 33.5 Å². The van der Waals surface area contributed by atoms with Gasteiger partial charge in [0, 0.05) is 12.0 Å². The van der Waals surface area contributed by atoms with Crippen molar-refractivity contribution in [2.75, 3.05) is 32.0 Å². The molecule has 1 heterocycles. The zero-order chi connectivity index (χ0) is 19.1. The number of methoxy groups -OCH3 is 3. The third-order valence-corrected chi connectivity index (χ3v) is 3.38. The van der Waals surface area contributed by atoms with Gasteiger partial charge in [-0.05, 0) is 18.2 Å². The van der Waals surface area contributed by atoms with Crippen LogP contribution in [-0.4, -0.2) is 43.1 Å². The molecule has 0 aliphatic rings. The number of carbonyl (C=O) groups is 2. The molecule has 2 amide bonds. The van der Waals surface area contributed by atoms with Crippen LogP contribution in [0, 0.1) is 0 Å². The Kier molecular flexibility index (Phi) is 6.31. The number of amides is 2. The third-order valence-electron chi connectivity index (χ3n) is 3.38. The Balaban J connectivity index is 2.26. The Hall–Kier alpha value is -3.36. The predicted molar refractivity (Wildman–Crippen MR) is 95.0 cm³/mol. The van der Waals surface area contributed by atoms with Gasteiger partial charge in [0.25, 0.3) is 5.91 Å². The van der Waals surface area contributed by atoms with Crippen LogP contribution in [-0.2, 0) is 4.79 Å². The number of ether oxygens (including phenoxy) is 3. The van der Waals surface area contributed by atoms with Crippen molar-refractivity contribution >= 4 is 23.5 Å². The lowest BCUT2D eigenvalue weighted by Gasteiger charge is -2.12. The minimum Gasteiger partial charge on any atom is -0.495 e. The van der Waals surface area contributed by atoms with E-state index in [1.807, 2.05) is 0 Å². The van der Waals surface area contributed by atoms with Crippen LogP contribution in [0.15, 0.2) is 24.3 Å². The Labute approximate surface area is 150 Å². The molecule has 26 heavy (non-hydrogen) atoms. The van der Waals surface area contributed by atoms with Gasteiger partial charge in [-0.15, -0.1) is 0 Å². The van der Waals surface area contributed by atoms with E-state index in [4.69, 9.17) is 14.2 Å². The first-order valence-corrected chi connectivity index (χ1v) is 7.77. The normalized spacial score (nSPS) is 10.0. The van der Waals surface area contributed by atoms with Gasteiger partial charge in [-0.1, -0.05) is 6.92 Å². The molecule has 0 aliphatic carbocycles. The zero-order valence-corrected chi connectivity index (χ0v) is 15.0. The van der Waals surface area contributed by atoms with Gasteiger partial charge in [-0.3, -0.25) is 14.9 Å². The summed E-state index contributed by atoms with van der Waals surface area (Å²) in [5, 5.41) is 5.26. The number of carbonyl (C=O) groups excluding carboxylic acids is 2. The van der Waals surface area contributed by atoms with Crippen molar-refractivity contribution < 1.29 is 23.8 Å². The fourth-order valence-electron chi connectivity index (χ4n) is 2.03.